The van der Waals surface area contributed by atoms with E-state index >= 15 is 0 Å². The van der Waals surface area contributed by atoms with Gasteiger partial charge in [-0.3, -0.25) is 0 Å². The number of nitrogens with one attached hydrogen (secondary N) is 1. The third-order valence-electron chi connectivity index (χ3n) is 2.53. The molecule has 0 bridgehead atoms. The van der Waals surface area contributed by atoms with Gasteiger partial charge < -0.3 is 5.32 Å². The molecule has 0 radical (unpaired) electrons. The molecule has 0 aromatic carbocycles. The smallest absolute Gasteiger partial charge is 0.0140 e. The Morgan fingerprint density at radius 3 is 2.50 bits per heavy atom. The largest absolute Gasteiger partial charge is 0.311 e. The molecule has 0 saturated heterocycles. The van der Waals surface area contributed by atoms with Crippen LogP contribution >= 0.6 is 0 Å². The van der Waals surface area contributed by atoms with Crippen LogP contribution in [0.1, 0.15) is 46.5 Å². The first kappa shape index (κ1) is 11.5. The van der Waals surface area contributed by atoms with Crippen LogP contribution in [0.25, 0.3) is 0 Å². The second-order valence-corrected chi connectivity index (χ2v) is 4.55. The fourth-order valence-electron chi connectivity index (χ4n) is 1.38. The average Bonchev–Trinajstić information content (AvgIpc) is 2.87. The number of allylic oxidation sites excluding steroid dienone is 3. The van der Waals surface area contributed by atoms with Crippen molar-refractivity contribution >= 4 is 0 Å². The first-order chi connectivity index (χ1) is 6.68. The van der Waals surface area contributed by atoms with Crippen LogP contribution in [0.2, 0.25) is 0 Å². The zero-order chi connectivity index (χ0) is 10.4. The highest BCUT2D eigenvalue weighted by molar-refractivity contribution is 5.03. The molecule has 0 unspecified atom stereocenters. The van der Waals surface area contributed by atoms with Gasteiger partial charge in [0, 0.05) is 12.6 Å². The van der Waals surface area contributed by atoms with E-state index in [4.69, 9.17) is 0 Å². The summed E-state index contributed by atoms with van der Waals surface area (Å²) in [5.74, 6) is 0. The topological polar surface area (TPSA) is 12.0 Å². The number of rotatable bonds is 6. The van der Waals surface area contributed by atoms with Crippen LogP contribution in [0, 0.1) is 0 Å². The summed E-state index contributed by atoms with van der Waals surface area (Å²) in [6.45, 7) is 7.61. The Balaban J connectivity index is 2.06. The van der Waals surface area contributed by atoms with Crippen LogP contribution in [0.15, 0.2) is 23.3 Å². The molecule has 0 amide bonds. The van der Waals surface area contributed by atoms with Crippen molar-refractivity contribution in [1.82, 2.24) is 5.32 Å². The number of hydrogen-bond donors (Lipinski definition) is 1. The molecule has 0 aromatic rings. The Hall–Kier alpha value is -0.560. The average molecular weight is 193 g/mol. The lowest BCUT2D eigenvalue weighted by molar-refractivity contribution is 0.747. The summed E-state index contributed by atoms with van der Waals surface area (Å²) in [5, 5.41) is 3.49. The molecule has 80 valence electrons. The van der Waals surface area contributed by atoms with Gasteiger partial charge in [0.05, 0.1) is 0 Å². The van der Waals surface area contributed by atoms with Gasteiger partial charge in [0.25, 0.3) is 0 Å². The van der Waals surface area contributed by atoms with Crippen molar-refractivity contribution in [1.29, 1.82) is 0 Å². The molecule has 1 aliphatic carbocycles. The van der Waals surface area contributed by atoms with Crippen molar-refractivity contribution in [3.63, 3.8) is 0 Å². The van der Waals surface area contributed by atoms with E-state index in [2.05, 4.69) is 38.2 Å². The molecule has 0 atom stereocenters. The number of hydrogen-bond acceptors (Lipinski definition) is 1. The lowest BCUT2D eigenvalue weighted by Crippen LogP contribution is -2.15. The molecule has 0 heterocycles. The van der Waals surface area contributed by atoms with Gasteiger partial charge in [-0.25, -0.2) is 0 Å². The lowest BCUT2D eigenvalue weighted by atomic mass is 10.1. The van der Waals surface area contributed by atoms with Crippen LogP contribution in [0.4, 0.5) is 0 Å². The quantitative estimate of drug-likeness (QED) is 0.637. The maximum Gasteiger partial charge on any atom is 0.0140 e. The zero-order valence-corrected chi connectivity index (χ0v) is 9.77. The summed E-state index contributed by atoms with van der Waals surface area (Å²) in [4.78, 5) is 0. The van der Waals surface area contributed by atoms with Gasteiger partial charge in [0.2, 0.25) is 0 Å². The molecular weight excluding hydrogens is 170 g/mol. The molecule has 1 heteroatoms. The standard InChI is InChI=1S/C13H23N/c1-11(2)5-4-6-12(3)9-10-14-13-7-8-13/h5,9,13-14H,4,6-8,10H2,1-3H3/b12-9+. The summed E-state index contributed by atoms with van der Waals surface area (Å²) >= 11 is 0. The second-order valence-electron chi connectivity index (χ2n) is 4.55. The van der Waals surface area contributed by atoms with Crippen LogP contribution in [-0.4, -0.2) is 12.6 Å². The summed E-state index contributed by atoms with van der Waals surface area (Å²) in [6.07, 6.45) is 9.80. The van der Waals surface area contributed by atoms with Crippen molar-refractivity contribution in [3.05, 3.63) is 23.3 Å². The van der Waals surface area contributed by atoms with Crippen LogP contribution in [0.5, 0.6) is 0 Å². The Morgan fingerprint density at radius 2 is 1.93 bits per heavy atom. The molecule has 1 aliphatic rings. The Bertz CT molecular complexity index is 217. The van der Waals surface area contributed by atoms with Crippen molar-refractivity contribution in [2.45, 2.75) is 52.5 Å². The van der Waals surface area contributed by atoms with Crippen molar-refractivity contribution < 1.29 is 0 Å². The molecule has 1 saturated carbocycles. The minimum atomic E-state index is 0.830. The zero-order valence-electron chi connectivity index (χ0n) is 9.77. The maximum atomic E-state index is 3.49. The Labute approximate surface area is 88.3 Å². The van der Waals surface area contributed by atoms with Crippen LogP contribution in [0.3, 0.4) is 0 Å². The van der Waals surface area contributed by atoms with Crippen LogP contribution in [-0.2, 0) is 0 Å². The first-order valence-electron chi connectivity index (χ1n) is 5.71. The minimum Gasteiger partial charge on any atom is -0.311 e. The van der Waals surface area contributed by atoms with Crippen molar-refractivity contribution in [3.8, 4) is 0 Å². The van der Waals surface area contributed by atoms with Gasteiger partial charge in [-0.15, -0.1) is 0 Å². The van der Waals surface area contributed by atoms with Gasteiger partial charge in [-0.05, 0) is 46.5 Å². The lowest BCUT2D eigenvalue weighted by Gasteiger charge is -2.00. The molecule has 1 nitrogen and oxygen atoms in total. The van der Waals surface area contributed by atoms with Crippen molar-refractivity contribution in [2.75, 3.05) is 6.54 Å². The fourth-order valence-corrected chi connectivity index (χ4v) is 1.38. The van der Waals surface area contributed by atoms with E-state index in [9.17, 15) is 0 Å². The second kappa shape index (κ2) is 6.02. The van der Waals surface area contributed by atoms with E-state index in [0.717, 1.165) is 12.6 Å². The molecule has 14 heavy (non-hydrogen) atoms. The van der Waals surface area contributed by atoms with Gasteiger partial charge in [0.1, 0.15) is 0 Å². The predicted molar refractivity (Wildman–Crippen MR) is 63.4 cm³/mol. The fraction of sp³-hybridized carbons (Fsp3) is 0.692. The van der Waals surface area contributed by atoms with Gasteiger partial charge >= 0.3 is 0 Å². The normalized spacial score (nSPS) is 16.9. The highest BCUT2D eigenvalue weighted by Gasteiger charge is 2.18. The monoisotopic (exact) mass is 193 g/mol. The van der Waals surface area contributed by atoms with E-state index < -0.39 is 0 Å². The highest BCUT2D eigenvalue weighted by Crippen LogP contribution is 2.18. The first-order valence-corrected chi connectivity index (χ1v) is 5.71. The third-order valence-corrected chi connectivity index (χ3v) is 2.53. The summed E-state index contributed by atoms with van der Waals surface area (Å²) in [6, 6.07) is 0.830. The molecule has 1 fully saturated rings. The predicted octanol–water partition coefficient (Wildman–Crippen LogP) is 3.43. The molecule has 0 aliphatic heterocycles. The van der Waals surface area contributed by atoms with Gasteiger partial charge in [-0.2, -0.15) is 0 Å². The Kier molecular flexibility index (Phi) is 4.95. The van der Waals surface area contributed by atoms with E-state index in [0.29, 0.717) is 0 Å². The summed E-state index contributed by atoms with van der Waals surface area (Å²) < 4.78 is 0. The Morgan fingerprint density at radius 1 is 1.21 bits per heavy atom. The maximum absolute atomic E-state index is 3.49. The summed E-state index contributed by atoms with van der Waals surface area (Å²) in [7, 11) is 0. The molecule has 1 rings (SSSR count). The van der Waals surface area contributed by atoms with E-state index in [1.165, 1.54) is 36.8 Å². The molecule has 0 spiro atoms. The van der Waals surface area contributed by atoms with Gasteiger partial charge in [-0.1, -0.05) is 23.3 Å². The van der Waals surface area contributed by atoms with Gasteiger partial charge in [0.15, 0.2) is 0 Å². The molecular formula is C13H23N. The summed E-state index contributed by atoms with van der Waals surface area (Å²) in [5.41, 5.74) is 2.93. The van der Waals surface area contributed by atoms with E-state index in [1.54, 1.807) is 0 Å². The minimum absolute atomic E-state index is 0.830. The highest BCUT2D eigenvalue weighted by atomic mass is 14.9. The molecule has 0 aromatic heterocycles. The third kappa shape index (κ3) is 5.98. The van der Waals surface area contributed by atoms with Crippen LogP contribution < -0.4 is 5.32 Å². The van der Waals surface area contributed by atoms with E-state index in [-0.39, 0.29) is 0 Å². The van der Waals surface area contributed by atoms with E-state index in [1.807, 2.05) is 0 Å². The molecule has 1 N–H and O–H groups in total. The SMILES string of the molecule is CC(C)=CCC/C(C)=C/CNC1CC1. The van der Waals surface area contributed by atoms with Crippen molar-refractivity contribution in [2.24, 2.45) is 0 Å².